The fraction of sp³-hybridized carbons (Fsp3) is 0.174. The minimum absolute atomic E-state index is 0.250. The van der Waals surface area contributed by atoms with Crippen molar-refractivity contribution in [3.05, 3.63) is 67.0 Å². The summed E-state index contributed by atoms with van der Waals surface area (Å²) in [5.74, 6) is 2.32. The fourth-order valence-corrected chi connectivity index (χ4v) is 3.12. The smallest absolute Gasteiger partial charge is 0.163 e. The number of nitrogens with zero attached hydrogens (tertiary/aromatic N) is 3. The van der Waals surface area contributed by atoms with Gasteiger partial charge in [0.2, 0.25) is 0 Å². The Hall–Kier alpha value is -3.47. The summed E-state index contributed by atoms with van der Waals surface area (Å²) in [7, 11) is 1.68. The third kappa shape index (κ3) is 3.64. The van der Waals surface area contributed by atoms with Crippen molar-refractivity contribution in [3.8, 4) is 28.3 Å². The summed E-state index contributed by atoms with van der Waals surface area (Å²) >= 11 is 0. The molecule has 0 aliphatic rings. The number of fused-ring (bicyclic) bond motifs is 1. The topological polar surface area (TPSA) is 59.9 Å². The Kier molecular flexibility index (Phi) is 4.89. The minimum atomic E-state index is 0.250. The molecule has 0 saturated carbocycles. The van der Waals surface area contributed by atoms with Crippen molar-refractivity contribution >= 4 is 16.7 Å². The zero-order chi connectivity index (χ0) is 19.5. The van der Waals surface area contributed by atoms with Crippen LogP contribution >= 0.6 is 0 Å². The molecule has 0 fully saturated rings. The maximum absolute atomic E-state index is 5.36. The second-order valence-corrected chi connectivity index (χ2v) is 6.90. The summed E-state index contributed by atoms with van der Waals surface area (Å²) in [5.41, 5.74) is 3.97. The van der Waals surface area contributed by atoms with E-state index in [1.54, 1.807) is 19.5 Å². The molecule has 0 atom stereocenters. The van der Waals surface area contributed by atoms with Crippen LogP contribution < -0.4 is 10.1 Å². The van der Waals surface area contributed by atoms with Gasteiger partial charge in [0.25, 0.3) is 0 Å². The Labute approximate surface area is 164 Å². The predicted molar refractivity (Wildman–Crippen MR) is 114 cm³/mol. The monoisotopic (exact) mass is 370 g/mol. The molecule has 2 aromatic carbocycles. The molecule has 0 bridgehead atoms. The van der Waals surface area contributed by atoms with Crippen LogP contribution in [0, 0.1) is 0 Å². The van der Waals surface area contributed by atoms with Gasteiger partial charge in [0.15, 0.2) is 5.82 Å². The van der Waals surface area contributed by atoms with Gasteiger partial charge in [-0.15, -0.1) is 0 Å². The lowest BCUT2D eigenvalue weighted by atomic mass is 10.0. The molecule has 0 saturated heterocycles. The van der Waals surface area contributed by atoms with E-state index >= 15 is 0 Å². The third-order valence-electron chi connectivity index (χ3n) is 4.44. The number of anilines is 1. The second kappa shape index (κ2) is 7.64. The minimum Gasteiger partial charge on any atom is -0.497 e. The highest BCUT2D eigenvalue weighted by molar-refractivity contribution is 5.94. The third-order valence-corrected chi connectivity index (χ3v) is 4.44. The number of rotatable bonds is 5. The van der Waals surface area contributed by atoms with Gasteiger partial charge in [-0.3, -0.25) is 4.98 Å². The maximum atomic E-state index is 5.36. The number of methoxy groups -OCH3 is 1. The standard InChI is InChI=1S/C23H22N4O/c1-15(2)25-23-20-13-17(16-6-4-8-19(12-16)28-3)9-10-21(20)26-22(27-23)18-7-5-11-24-14-18/h4-15H,1-3H3,(H,25,26,27). The molecule has 0 unspecified atom stereocenters. The molecule has 5 heteroatoms. The summed E-state index contributed by atoms with van der Waals surface area (Å²) in [4.78, 5) is 13.7. The number of benzene rings is 2. The predicted octanol–water partition coefficient (Wildman–Crippen LogP) is 5.19. The lowest BCUT2D eigenvalue weighted by Crippen LogP contribution is -2.12. The van der Waals surface area contributed by atoms with Crippen LogP contribution in [0.15, 0.2) is 67.0 Å². The van der Waals surface area contributed by atoms with E-state index in [1.807, 2.05) is 36.4 Å². The van der Waals surface area contributed by atoms with E-state index in [1.165, 1.54) is 0 Å². The largest absolute Gasteiger partial charge is 0.497 e. The van der Waals surface area contributed by atoms with Crippen molar-refractivity contribution < 1.29 is 4.74 Å². The summed E-state index contributed by atoms with van der Waals surface area (Å²) in [6, 6.07) is 18.4. The molecular formula is C23H22N4O. The summed E-state index contributed by atoms with van der Waals surface area (Å²) in [5, 5.41) is 4.45. The van der Waals surface area contributed by atoms with Gasteiger partial charge >= 0.3 is 0 Å². The molecule has 0 aliphatic heterocycles. The molecule has 140 valence electrons. The normalized spacial score (nSPS) is 11.0. The van der Waals surface area contributed by atoms with Crippen molar-refractivity contribution in [2.45, 2.75) is 19.9 Å². The highest BCUT2D eigenvalue weighted by Gasteiger charge is 2.12. The molecular weight excluding hydrogens is 348 g/mol. The Balaban J connectivity index is 1.87. The van der Waals surface area contributed by atoms with Crippen molar-refractivity contribution in [1.82, 2.24) is 15.0 Å². The molecule has 4 rings (SSSR count). The van der Waals surface area contributed by atoms with E-state index in [4.69, 9.17) is 14.7 Å². The Morgan fingerprint density at radius 1 is 0.893 bits per heavy atom. The molecule has 2 heterocycles. The lowest BCUT2D eigenvalue weighted by Gasteiger charge is -2.14. The molecule has 4 aromatic rings. The molecule has 28 heavy (non-hydrogen) atoms. The highest BCUT2D eigenvalue weighted by Crippen LogP contribution is 2.31. The zero-order valence-electron chi connectivity index (χ0n) is 16.2. The van der Waals surface area contributed by atoms with E-state index in [9.17, 15) is 0 Å². The molecule has 0 spiro atoms. The Morgan fingerprint density at radius 3 is 2.46 bits per heavy atom. The molecule has 1 N–H and O–H groups in total. The van der Waals surface area contributed by atoms with Crippen LogP contribution in [0.5, 0.6) is 5.75 Å². The van der Waals surface area contributed by atoms with E-state index < -0.39 is 0 Å². The lowest BCUT2D eigenvalue weighted by molar-refractivity contribution is 0.415. The number of pyridine rings is 1. The summed E-state index contributed by atoms with van der Waals surface area (Å²) in [6.07, 6.45) is 3.53. The van der Waals surface area contributed by atoms with Crippen LogP contribution in [0.4, 0.5) is 5.82 Å². The van der Waals surface area contributed by atoms with Gasteiger partial charge in [-0.25, -0.2) is 9.97 Å². The second-order valence-electron chi connectivity index (χ2n) is 6.90. The molecule has 2 aromatic heterocycles. The van der Waals surface area contributed by atoms with Gasteiger partial charge in [-0.1, -0.05) is 18.2 Å². The number of aromatic nitrogens is 3. The van der Waals surface area contributed by atoms with E-state index in [0.29, 0.717) is 5.82 Å². The van der Waals surface area contributed by atoms with E-state index in [-0.39, 0.29) is 6.04 Å². The molecule has 0 amide bonds. The van der Waals surface area contributed by atoms with Crippen molar-refractivity contribution in [2.24, 2.45) is 0 Å². The first-order valence-corrected chi connectivity index (χ1v) is 9.27. The molecule has 0 radical (unpaired) electrons. The maximum Gasteiger partial charge on any atom is 0.163 e. The van der Waals surface area contributed by atoms with Gasteiger partial charge in [0, 0.05) is 29.4 Å². The number of hydrogen-bond donors (Lipinski definition) is 1. The number of ether oxygens (including phenoxy) is 1. The first kappa shape index (κ1) is 17.9. The highest BCUT2D eigenvalue weighted by atomic mass is 16.5. The quantitative estimate of drug-likeness (QED) is 0.524. The van der Waals surface area contributed by atoms with Crippen LogP contribution in [-0.4, -0.2) is 28.1 Å². The average Bonchev–Trinajstić information content (AvgIpc) is 2.73. The van der Waals surface area contributed by atoms with Gasteiger partial charge in [-0.2, -0.15) is 0 Å². The zero-order valence-corrected chi connectivity index (χ0v) is 16.2. The van der Waals surface area contributed by atoms with Gasteiger partial charge in [0.05, 0.1) is 12.6 Å². The van der Waals surface area contributed by atoms with Crippen molar-refractivity contribution in [2.75, 3.05) is 12.4 Å². The van der Waals surface area contributed by atoms with Crippen LogP contribution in [0.2, 0.25) is 0 Å². The Bertz CT molecular complexity index is 1110. The summed E-state index contributed by atoms with van der Waals surface area (Å²) in [6.45, 7) is 4.20. The summed E-state index contributed by atoms with van der Waals surface area (Å²) < 4.78 is 5.36. The molecule has 5 nitrogen and oxygen atoms in total. The van der Waals surface area contributed by atoms with Gasteiger partial charge < -0.3 is 10.1 Å². The first-order valence-electron chi connectivity index (χ1n) is 9.27. The Morgan fingerprint density at radius 2 is 1.71 bits per heavy atom. The van der Waals surface area contributed by atoms with Crippen LogP contribution in [0.1, 0.15) is 13.8 Å². The first-order chi connectivity index (χ1) is 13.6. The van der Waals surface area contributed by atoms with Crippen LogP contribution in [0.25, 0.3) is 33.4 Å². The number of hydrogen-bond acceptors (Lipinski definition) is 5. The number of nitrogens with one attached hydrogen (secondary N) is 1. The fourth-order valence-electron chi connectivity index (χ4n) is 3.12. The van der Waals surface area contributed by atoms with Gasteiger partial charge in [0.1, 0.15) is 11.6 Å². The average molecular weight is 370 g/mol. The van der Waals surface area contributed by atoms with Crippen LogP contribution in [0.3, 0.4) is 0 Å². The molecule has 0 aliphatic carbocycles. The van der Waals surface area contributed by atoms with Crippen molar-refractivity contribution in [1.29, 1.82) is 0 Å². The van der Waals surface area contributed by atoms with Crippen molar-refractivity contribution in [3.63, 3.8) is 0 Å². The SMILES string of the molecule is COc1cccc(-c2ccc3nc(-c4cccnc4)nc(NC(C)C)c3c2)c1. The van der Waals surface area contributed by atoms with Crippen LogP contribution in [-0.2, 0) is 0 Å². The van der Waals surface area contributed by atoms with Gasteiger partial charge in [-0.05, 0) is 61.4 Å². The van der Waals surface area contributed by atoms with E-state index in [2.05, 4.69) is 42.3 Å². The van der Waals surface area contributed by atoms with E-state index in [0.717, 1.165) is 39.2 Å².